The molecule has 0 radical (unpaired) electrons. The van der Waals surface area contributed by atoms with Crippen molar-refractivity contribution in [3.8, 4) is 0 Å². The molecule has 0 atom stereocenters. The molecule has 1 rings (SSSR count). The first-order chi connectivity index (χ1) is 7.15. The molecule has 0 saturated heterocycles. The van der Waals surface area contributed by atoms with Crippen molar-refractivity contribution >= 4 is 17.6 Å². The number of rotatable bonds is 2. The van der Waals surface area contributed by atoms with Gasteiger partial charge in [0.15, 0.2) is 0 Å². The van der Waals surface area contributed by atoms with Gasteiger partial charge in [-0.25, -0.2) is 4.79 Å². The van der Waals surface area contributed by atoms with Crippen molar-refractivity contribution in [1.29, 1.82) is 0 Å². The van der Waals surface area contributed by atoms with Crippen molar-refractivity contribution in [2.24, 2.45) is 0 Å². The molecule has 3 heteroatoms. The Balaban J connectivity index is 0.000000921. The van der Waals surface area contributed by atoms with Gasteiger partial charge < -0.3 is 4.74 Å². The Morgan fingerprint density at radius 3 is 2.53 bits per heavy atom. The summed E-state index contributed by atoms with van der Waals surface area (Å²) in [7, 11) is 0. The standard InChI is InChI=1S/C10H11ClO2.C2H6/c1-3-13-10(12)8-6-7(2)4-5-9(8)11;1-2/h4-6H,3H2,1-2H3;1-2H3. The summed E-state index contributed by atoms with van der Waals surface area (Å²) in [4.78, 5) is 11.3. The second-order valence-corrected chi connectivity index (χ2v) is 3.11. The van der Waals surface area contributed by atoms with E-state index in [0.717, 1.165) is 5.56 Å². The van der Waals surface area contributed by atoms with E-state index in [2.05, 4.69) is 0 Å². The van der Waals surface area contributed by atoms with Gasteiger partial charge in [0.2, 0.25) is 0 Å². The van der Waals surface area contributed by atoms with E-state index in [0.29, 0.717) is 17.2 Å². The number of ether oxygens (including phenoxy) is 1. The Morgan fingerprint density at radius 1 is 1.40 bits per heavy atom. The van der Waals surface area contributed by atoms with Crippen molar-refractivity contribution in [1.82, 2.24) is 0 Å². The van der Waals surface area contributed by atoms with Crippen LogP contribution in [0.2, 0.25) is 5.02 Å². The van der Waals surface area contributed by atoms with Crippen LogP contribution in [0.4, 0.5) is 0 Å². The van der Waals surface area contributed by atoms with Crippen LogP contribution >= 0.6 is 11.6 Å². The van der Waals surface area contributed by atoms with E-state index in [9.17, 15) is 4.79 Å². The van der Waals surface area contributed by atoms with Gasteiger partial charge in [-0.15, -0.1) is 0 Å². The first kappa shape index (κ1) is 14.0. The van der Waals surface area contributed by atoms with Crippen molar-refractivity contribution in [3.63, 3.8) is 0 Å². The molecule has 1 aromatic rings. The summed E-state index contributed by atoms with van der Waals surface area (Å²) in [6.45, 7) is 8.03. The fourth-order valence-corrected chi connectivity index (χ4v) is 1.20. The lowest BCUT2D eigenvalue weighted by molar-refractivity contribution is 0.0526. The van der Waals surface area contributed by atoms with Crippen LogP contribution in [0.15, 0.2) is 18.2 Å². The summed E-state index contributed by atoms with van der Waals surface area (Å²) in [5.74, 6) is -0.365. The molecule has 0 heterocycles. The molecule has 0 fully saturated rings. The molecule has 84 valence electrons. The Hall–Kier alpha value is -1.02. The van der Waals surface area contributed by atoms with Crippen molar-refractivity contribution < 1.29 is 9.53 Å². The van der Waals surface area contributed by atoms with E-state index in [-0.39, 0.29) is 5.97 Å². The third kappa shape index (κ3) is 4.34. The number of halogens is 1. The van der Waals surface area contributed by atoms with E-state index < -0.39 is 0 Å². The largest absolute Gasteiger partial charge is 0.462 e. The maximum Gasteiger partial charge on any atom is 0.339 e. The zero-order valence-electron chi connectivity index (χ0n) is 9.63. The van der Waals surface area contributed by atoms with Crippen molar-refractivity contribution in [2.75, 3.05) is 6.61 Å². The average molecular weight is 229 g/mol. The van der Waals surface area contributed by atoms with Gasteiger partial charge in [0.25, 0.3) is 0 Å². The number of esters is 1. The number of hydrogen-bond acceptors (Lipinski definition) is 2. The first-order valence-electron chi connectivity index (χ1n) is 5.08. The summed E-state index contributed by atoms with van der Waals surface area (Å²) in [5, 5.41) is 0.434. The molecule has 0 saturated carbocycles. The fourth-order valence-electron chi connectivity index (χ4n) is 1.00. The highest BCUT2D eigenvalue weighted by atomic mass is 35.5. The molecule has 0 aliphatic rings. The van der Waals surface area contributed by atoms with E-state index in [1.54, 1.807) is 19.1 Å². The lowest BCUT2D eigenvalue weighted by Gasteiger charge is -2.04. The van der Waals surface area contributed by atoms with Crippen LogP contribution < -0.4 is 0 Å². The molecule has 0 spiro atoms. The number of hydrogen-bond donors (Lipinski definition) is 0. The van der Waals surface area contributed by atoms with Crippen LogP contribution in [0.3, 0.4) is 0 Å². The minimum absolute atomic E-state index is 0.364. The van der Waals surface area contributed by atoms with Crippen LogP contribution in [0.5, 0.6) is 0 Å². The molecule has 0 aromatic heterocycles. The summed E-state index contributed by atoms with van der Waals surface area (Å²) >= 11 is 5.83. The lowest BCUT2D eigenvalue weighted by atomic mass is 10.1. The molecule has 0 bridgehead atoms. The molecule has 0 aliphatic carbocycles. The number of benzene rings is 1. The zero-order chi connectivity index (χ0) is 11.8. The summed E-state index contributed by atoms with van der Waals surface area (Å²) in [6, 6.07) is 5.27. The maximum atomic E-state index is 11.3. The Bertz CT molecular complexity index is 321. The lowest BCUT2D eigenvalue weighted by Crippen LogP contribution is -2.05. The van der Waals surface area contributed by atoms with Gasteiger partial charge in [0, 0.05) is 0 Å². The smallest absolute Gasteiger partial charge is 0.339 e. The minimum Gasteiger partial charge on any atom is -0.462 e. The van der Waals surface area contributed by atoms with Crippen LogP contribution in [0, 0.1) is 6.92 Å². The topological polar surface area (TPSA) is 26.3 Å². The van der Waals surface area contributed by atoms with Crippen LogP contribution in [-0.2, 0) is 4.74 Å². The average Bonchev–Trinajstić information content (AvgIpc) is 2.25. The van der Waals surface area contributed by atoms with Crippen LogP contribution in [0.25, 0.3) is 0 Å². The maximum absolute atomic E-state index is 11.3. The molecule has 0 N–H and O–H groups in total. The molecule has 2 nitrogen and oxygen atoms in total. The normalized spacial score (nSPS) is 8.87. The Kier molecular flexibility index (Phi) is 6.80. The summed E-state index contributed by atoms with van der Waals surface area (Å²) < 4.78 is 4.84. The Labute approximate surface area is 96.2 Å². The van der Waals surface area contributed by atoms with Gasteiger partial charge in [0.05, 0.1) is 17.2 Å². The third-order valence-corrected chi connectivity index (χ3v) is 1.95. The second kappa shape index (κ2) is 7.30. The highest BCUT2D eigenvalue weighted by Gasteiger charge is 2.10. The predicted molar refractivity (Wildman–Crippen MR) is 63.5 cm³/mol. The van der Waals surface area contributed by atoms with Gasteiger partial charge in [-0.2, -0.15) is 0 Å². The van der Waals surface area contributed by atoms with Crippen LogP contribution in [-0.4, -0.2) is 12.6 Å². The zero-order valence-corrected chi connectivity index (χ0v) is 10.4. The molecule has 15 heavy (non-hydrogen) atoms. The number of carbonyl (C=O) groups is 1. The monoisotopic (exact) mass is 228 g/mol. The molecule has 0 amide bonds. The van der Waals surface area contributed by atoms with Crippen molar-refractivity contribution in [3.05, 3.63) is 34.3 Å². The number of carbonyl (C=O) groups excluding carboxylic acids is 1. The summed E-state index contributed by atoms with van der Waals surface area (Å²) in [6.07, 6.45) is 0. The van der Waals surface area contributed by atoms with Gasteiger partial charge in [-0.05, 0) is 26.0 Å². The van der Waals surface area contributed by atoms with Gasteiger partial charge >= 0.3 is 5.97 Å². The van der Waals surface area contributed by atoms with Crippen LogP contribution in [0.1, 0.15) is 36.7 Å². The summed E-state index contributed by atoms with van der Waals surface area (Å²) in [5.41, 5.74) is 1.43. The van der Waals surface area contributed by atoms with E-state index >= 15 is 0 Å². The predicted octanol–water partition coefficient (Wildman–Crippen LogP) is 3.85. The highest BCUT2D eigenvalue weighted by molar-refractivity contribution is 6.33. The first-order valence-corrected chi connectivity index (χ1v) is 5.46. The molecule has 1 aromatic carbocycles. The molecular formula is C12H17ClO2. The highest BCUT2D eigenvalue weighted by Crippen LogP contribution is 2.18. The molecule has 0 aliphatic heterocycles. The van der Waals surface area contributed by atoms with Crippen molar-refractivity contribution in [2.45, 2.75) is 27.7 Å². The van der Waals surface area contributed by atoms with E-state index in [1.807, 2.05) is 26.8 Å². The van der Waals surface area contributed by atoms with E-state index in [1.165, 1.54) is 0 Å². The molecular weight excluding hydrogens is 212 g/mol. The SMILES string of the molecule is CC.CCOC(=O)c1cc(C)ccc1Cl. The Morgan fingerprint density at radius 2 is 2.00 bits per heavy atom. The second-order valence-electron chi connectivity index (χ2n) is 2.70. The van der Waals surface area contributed by atoms with Gasteiger partial charge in [-0.3, -0.25) is 0 Å². The van der Waals surface area contributed by atoms with Gasteiger partial charge in [-0.1, -0.05) is 37.1 Å². The molecule has 0 unspecified atom stereocenters. The third-order valence-electron chi connectivity index (χ3n) is 1.62. The minimum atomic E-state index is -0.365. The van der Waals surface area contributed by atoms with E-state index in [4.69, 9.17) is 16.3 Å². The quantitative estimate of drug-likeness (QED) is 0.719. The van der Waals surface area contributed by atoms with Gasteiger partial charge in [0.1, 0.15) is 0 Å². The fraction of sp³-hybridized carbons (Fsp3) is 0.417. The number of aryl methyl sites for hydroxylation is 1.